The highest BCUT2D eigenvalue weighted by molar-refractivity contribution is 6.76. The van der Waals surface area contributed by atoms with Gasteiger partial charge in [0.1, 0.15) is 18.1 Å². The molecule has 0 bridgehead atoms. The number of anilines is 1. The molecule has 236 valence electrons. The number of urea groups is 1. The van der Waals surface area contributed by atoms with Crippen molar-refractivity contribution in [2.75, 3.05) is 58.4 Å². The third-order valence-electron chi connectivity index (χ3n) is 6.91. The molecular formula is C28H36F5N5O4Si. The first-order valence-electron chi connectivity index (χ1n) is 13.8. The summed E-state index contributed by atoms with van der Waals surface area (Å²) in [5, 5.41) is 1.98. The van der Waals surface area contributed by atoms with Gasteiger partial charge in [-0.2, -0.15) is 13.2 Å². The van der Waals surface area contributed by atoms with E-state index in [0.717, 1.165) is 43.5 Å². The molecule has 1 fully saturated rings. The van der Waals surface area contributed by atoms with Gasteiger partial charge in [-0.25, -0.2) is 18.6 Å². The monoisotopic (exact) mass is 629 g/mol. The molecule has 0 radical (unpaired) electrons. The molecule has 0 aliphatic carbocycles. The second kappa shape index (κ2) is 13.6. The average Bonchev–Trinajstić information content (AvgIpc) is 3.32. The molecule has 4 rings (SSSR count). The highest BCUT2D eigenvalue weighted by Gasteiger charge is 2.37. The minimum atomic E-state index is -4.80. The van der Waals surface area contributed by atoms with E-state index < -0.39 is 54.4 Å². The number of hydrogen-bond donors (Lipinski definition) is 1. The summed E-state index contributed by atoms with van der Waals surface area (Å²) in [5.41, 5.74) is -1.37. The summed E-state index contributed by atoms with van der Waals surface area (Å²) in [5.74, 6) is -3.77. The van der Waals surface area contributed by atoms with E-state index in [1.807, 2.05) is 0 Å². The third kappa shape index (κ3) is 8.65. The molecule has 1 saturated heterocycles. The number of halogens is 5. The zero-order valence-electron chi connectivity index (χ0n) is 24.6. The minimum absolute atomic E-state index is 0.109. The number of carbonyl (C=O) groups is 1. The first-order valence-corrected chi connectivity index (χ1v) is 17.6. The van der Waals surface area contributed by atoms with Crippen LogP contribution in [0.1, 0.15) is 5.56 Å². The Morgan fingerprint density at radius 3 is 2.47 bits per heavy atom. The topological polar surface area (TPSA) is 81.1 Å². The van der Waals surface area contributed by atoms with Crippen LogP contribution in [0.25, 0.3) is 11.0 Å². The molecule has 0 saturated carbocycles. The lowest BCUT2D eigenvalue weighted by Gasteiger charge is -2.28. The van der Waals surface area contributed by atoms with Crippen molar-refractivity contribution >= 4 is 30.8 Å². The molecule has 3 aromatic rings. The van der Waals surface area contributed by atoms with E-state index in [1.54, 1.807) is 7.05 Å². The van der Waals surface area contributed by atoms with E-state index in [1.165, 1.54) is 15.7 Å². The Bertz CT molecular complexity index is 1400. The molecule has 0 unspecified atom stereocenters. The van der Waals surface area contributed by atoms with Crippen molar-refractivity contribution in [1.82, 2.24) is 19.4 Å². The molecule has 0 atom stereocenters. The number of aromatic nitrogens is 2. The van der Waals surface area contributed by atoms with Gasteiger partial charge in [0.15, 0.2) is 17.4 Å². The van der Waals surface area contributed by atoms with Gasteiger partial charge in [0.05, 0.1) is 24.2 Å². The van der Waals surface area contributed by atoms with Crippen LogP contribution in [0.5, 0.6) is 11.5 Å². The van der Waals surface area contributed by atoms with Gasteiger partial charge in [0.25, 0.3) is 0 Å². The van der Waals surface area contributed by atoms with Gasteiger partial charge >= 0.3 is 12.2 Å². The zero-order chi connectivity index (χ0) is 31.4. The van der Waals surface area contributed by atoms with Crippen LogP contribution < -0.4 is 10.1 Å². The number of rotatable bonds is 11. The Morgan fingerprint density at radius 1 is 1.16 bits per heavy atom. The molecule has 43 heavy (non-hydrogen) atoms. The summed E-state index contributed by atoms with van der Waals surface area (Å²) in [7, 11) is 0.134. The summed E-state index contributed by atoms with van der Waals surface area (Å²) in [6, 6.07) is 3.02. The molecular weight excluding hydrogens is 593 g/mol. The number of pyridine rings is 1. The van der Waals surface area contributed by atoms with Crippen LogP contribution in [-0.4, -0.2) is 86.5 Å². The molecule has 1 aliphatic rings. The third-order valence-corrected chi connectivity index (χ3v) is 8.62. The van der Waals surface area contributed by atoms with Crippen molar-refractivity contribution in [2.45, 2.75) is 38.6 Å². The number of fused-ring (bicyclic) bond motifs is 1. The fourth-order valence-electron chi connectivity index (χ4n) is 4.40. The van der Waals surface area contributed by atoms with Crippen molar-refractivity contribution in [1.29, 1.82) is 0 Å². The first kappa shape index (κ1) is 32.6. The molecule has 3 heterocycles. The zero-order valence-corrected chi connectivity index (χ0v) is 25.6. The van der Waals surface area contributed by atoms with Crippen LogP contribution in [0.3, 0.4) is 0 Å². The fraction of sp³-hybridized carbons (Fsp3) is 0.500. The quantitative estimate of drug-likeness (QED) is 0.154. The number of nitrogens with zero attached hydrogens (tertiary/aromatic N) is 4. The number of benzene rings is 1. The van der Waals surface area contributed by atoms with Gasteiger partial charge in [-0.3, -0.25) is 4.90 Å². The molecule has 15 heteroatoms. The van der Waals surface area contributed by atoms with Crippen molar-refractivity contribution in [3.05, 3.63) is 47.8 Å². The Morgan fingerprint density at radius 2 is 1.84 bits per heavy atom. The van der Waals surface area contributed by atoms with Gasteiger partial charge in [-0.1, -0.05) is 19.6 Å². The Kier molecular flexibility index (Phi) is 10.3. The van der Waals surface area contributed by atoms with Crippen LogP contribution >= 0.6 is 0 Å². The van der Waals surface area contributed by atoms with Crippen LogP contribution in [0.15, 0.2) is 30.6 Å². The maximum atomic E-state index is 15.1. The van der Waals surface area contributed by atoms with Gasteiger partial charge in [-0.05, 0) is 12.1 Å². The highest BCUT2D eigenvalue weighted by Crippen LogP contribution is 2.42. The van der Waals surface area contributed by atoms with E-state index in [9.17, 15) is 18.0 Å². The van der Waals surface area contributed by atoms with E-state index in [4.69, 9.17) is 14.2 Å². The molecule has 1 aromatic carbocycles. The van der Waals surface area contributed by atoms with Gasteiger partial charge < -0.3 is 29.0 Å². The molecule has 0 spiro atoms. The Balaban J connectivity index is 1.51. The fourth-order valence-corrected chi connectivity index (χ4v) is 5.16. The van der Waals surface area contributed by atoms with E-state index >= 15 is 8.78 Å². The standard InChI is InChI=1S/C28H36F5N5O4Si/c1-36(7-8-37-9-11-40-12-10-37)27(39)35-19-15-21(29)25(22(30)16-19)42-23-5-6-34-26-24(23)20(28(31,32)33)17-38(26)18-41-13-14-43(2,3)4/h5-6,15-17H,7-14,18H2,1-4H3,(H,35,39). The largest absolute Gasteiger partial charge is 0.450 e. The highest BCUT2D eigenvalue weighted by atomic mass is 28.3. The van der Waals surface area contributed by atoms with Crippen LogP contribution in [0.2, 0.25) is 25.7 Å². The second-order valence-corrected chi connectivity index (χ2v) is 17.2. The second-order valence-electron chi connectivity index (χ2n) is 11.5. The SMILES string of the molecule is CN(CCN1CCOCC1)C(=O)Nc1cc(F)c(Oc2ccnc3c2c(C(F)(F)F)cn3COCC[Si](C)(C)C)c(F)c1. The molecule has 1 N–H and O–H groups in total. The summed E-state index contributed by atoms with van der Waals surface area (Å²) in [6.07, 6.45) is -2.77. The van der Waals surface area contributed by atoms with Crippen LogP contribution in [0.4, 0.5) is 32.4 Å². The van der Waals surface area contributed by atoms with E-state index in [0.29, 0.717) is 32.9 Å². The predicted octanol–water partition coefficient (Wildman–Crippen LogP) is 6.23. The smallest absolute Gasteiger partial charge is 0.418 e. The predicted molar refractivity (Wildman–Crippen MR) is 154 cm³/mol. The Labute approximate surface area is 247 Å². The molecule has 2 amide bonds. The van der Waals surface area contributed by atoms with Crippen molar-refractivity contribution < 1.29 is 41.0 Å². The molecule has 1 aliphatic heterocycles. The minimum Gasteiger partial charge on any atom is -0.450 e. The number of hydrogen-bond acceptors (Lipinski definition) is 6. The number of carbonyl (C=O) groups excluding carboxylic acids is 1. The lowest BCUT2D eigenvalue weighted by Crippen LogP contribution is -2.42. The number of nitrogens with one attached hydrogen (secondary N) is 1. The number of amides is 2. The molecule has 9 nitrogen and oxygen atoms in total. The lowest BCUT2D eigenvalue weighted by atomic mass is 10.2. The summed E-state index contributed by atoms with van der Waals surface area (Å²) < 4.78 is 89.7. The summed E-state index contributed by atoms with van der Waals surface area (Å²) in [4.78, 5) is 20.1. The first-order chi connectivity index (χ1) is 20.2. The van der Waals surface area contributed by atoms with Crippen molar-refractivity contribution in [2.24, 2.45) is 0 Å². The normalized spacial score (nSPS) is 14.7. The number of ether oxygens (including phenoxy) is 3. The van der Waals surface area contributed by atoms with Crippen molar-refractivity contribution in [3.63, 3.8) is 0 Å². The van der Waals surface area contributed by atoms with E-state index in [2.05, 4.69) is 34.8 Å². The van der Waals surface area contributed by atoms with Crippen molar-refractivity contribution in [3.8, 4) is 11.5 Å². The number of likely N-dealkylation sites (N-methyl/N-ethyl adjacent to an activating group) is 1. The Hall–Kier alpha value is -3.27. The van der Waals surface area contributed by atoms with Crippen LogP contribution in [0, 0.1) is 11.6 Å². The van der Waals surface area contributed by atoms with Gasteiger partial charge in [-0.15, -0.1) is 0 Å². The molecule has 2 aromatic heterocycles. The maximum absolute atomic E-state index is 15.1. The number of morpholine rings is 1. The van der Waals surface area contributed by atoms with Crippen LogP contribution in [-0.2, 0) is 22.4 Å². The number of alkyl halides is 3. The van der Waals surface area contributed by atoms with Gasteiger partial charge in [0, 0.05) is 78.1 Å². The lowest BCUT2D eigenvalue weighted by molar-refractivity contribution is -0.136. The average molecular weight is 630 g/mol. The van der Waals surface area contributed by atoms with E-state index in [-0.39, 0.29) is 18.1 Å². The summed E-state index contributed by atoms with van der Waals surface area (Å²) >= 11 is 0. The maximum Gasteiger partial charge on any atom is 0.418 e. The summed E-state index contributed by atoms with van der Waals surface area (Å²) in [6.45, 7) is 10.3. The van der Waals surface area contributed by atoms with Gasteiger partial charge in [0.2, 0.25) is 0 Å².